The van der Waals surface area contributed by atoms with Crippen LogP contribution in [0.25, 0.3) is 0 Å². The van der Waals surface area contributed by atoms with Gasteiger partial charge in [0.05, 0.1) is 6.04 Å². The van der Waals surface area contributed by atoms with Gasteiger partial charge in [0.1, 0.15) is 5.75 Å². The molecular formula is C10H10F3NO2. The molecule has 1 unspecified atom stereocenters. The molecule has 88 valence electrons. The molecule has 0 aromatic heterocycles. The molecule has 6 heteroatoms. The van der Waals surface area contributed by atoms with E-state index in [0.717, 1.165) is 12.1 Å². The van der Waals surface area contributed by atoms with Crippen molar-refractivity contribution < 1.29 is 22.7 Å². The number of nitrogens with two attached hydrogens (primary N) is 1. The fourth-order valence-corrected chi connectivity index (χ4v) is 1.14. The number of hydrogen-bond donors (Lipinski definition) is 1. The maximum absolute atomic E-state index is 11.9. The zero-order chi connectivity index (χ0) is 12.3. The van der Waals surface area contributed by atoms with Gasteiger partial charge in [-0.3, -0.25) is 4.79 Å². The number of alkyl halides is 3. The molecule has 1 aromatic carbocycles. The lowest BCUT2D eigenvalue weighted by atomic mass is 10.0. The minimum atomic E-state index is -4.75. The Morgan fingerprint density at radius 1 is 1.44 bits per heavy atom. The molecule has 0 aliphatic carbocycles. The van der Waals surface area contributed by atoms with Gasteiger partial charge < -0.3 is 10.5 Å². The van der Waals surface area contributed by atoms with Crippen LogP contribution in [-0.2, 0) is 4.79 Å². The summed E-state index contributed by atoms with van der Waals surface area (Å²) in [4.78, 5) is 11.0. The Kier molecular flexibility index (Phi) is 3.54. The number of benzene rings is 1. The van der Waals surface area contributed by atoms with E-state index in [-0.39, 0.29) is 17.1 Å². The van der Waals surface area contributed by atoms with Crippen LogP contribution in [0.1, 0.15) is 18.5 Å². The van der Waals surface area contributed by atoms with E-state index in [1.165, 1.54) is 19.1 Å². The number of Topliss-reactive ketones (excluding diaryl/α,β-unsaturated/α-hetero) is 1. The van der Waals surface area contributed by atoms with E-state index in [1.807, 2.05) is 0 Å². The molecule has 0 aliphatic heterocycles. The van der Waals surface area contributed by atoms with Crippen LogP contribution in [0.3, 0.4) is 0 Å². The average molecular weight is 233 g/mol. The summed E-state index contributed by atoms with van der Waals surface area (Å²) in [5, 5.41) is 0. The summed E-state index contributed by atoms with van der Waals surface area (Å²) < 4.78 is 39.4. The van der Waals surface area contributed by atoms with Crippen LogP contribution in [0.5, 0.6) is 5.75 Å². The van der Waals surface area contributed by atoms with E-state index in [1.54, 1.807) is 0 Å². The molecular weight excluding hydrogens is 223 g/mol. The topological polar surface area (TPSA) is 52.3 Å². The molecule has 0 amide bonds. The highest BCUT2D eigenvalue weighted by Crippen LogP contribution is 2.25. The van der Waals surface area contributed by atoms with Crippen LogP contribution >= 0.6 is 0 Å². The predicted molar refractivity (Wildman–Crippen MR) is 50.7 cm³/mol. The maximum Gasteiger partial charge on any atom is 0.573 e. The summed E-state index contributed by atoms with van der Waals surface area (Å²) in [5.74, 6) is -0.717. The average Bonchev–Trinajstić information content (AvgIpc) is 2.14. The standard InChI is InChI=1S/C10H10F3NO2/c1-6(15)9(14)7-3-2-4-8(5-7)16-10(11,12)13/h2-5,9H,14H2,1H3. The summed E-state index contributed by atoms with van der Waals surface area (Å²) in [6.45, 7) is 1.27. The monoisotopic (exact) mass is 233 g/mol. The normalized spacial score (nSPS) is 13.3. The number of ketones is 1. The highest BCUT2D eigenvalue weighted by molar-refractivity contribution is 5.82. The van der Waals surface area contributed by atoms with Crippen molar-refractivity contribution in [2.75, 3.05) is 0 Å². The summed E-state index contributed by atoms with van der Waals surface area (Å²) in [6.07, 6.45) is -4.75. The second-order valence-electron chi connectivity index (χ2n) is 3.21. The Balaban J connectivity index is 2.91. The van der Waals surface area contributed by atoms with Crippen LogP contribution in [-0.4, -0.2) is 12.1 Å². The highest BCUT2D eigenvalue weighted by atomic mass is 19.4. The Labute approximate surface area is 90.0 Å². The zero-order valence-corrected chi connectivity index (χ0v) is 8.41. The van der Waals surface area contributed by atoms with Gasteiger partial charge >= 0.3 is 6.36 Å². The molecule has 2 N–H and O–H groups in total. The van der Waals surface area contributed by atoms with Gasteiger partial charge in [-0.25, -0.2) is 0 Å². The van der Waals surface area contributed by atoms with Gasteiger partial charge in [0.2, 0.25) is 0 Å². The van der Waals surface area contributed by atoms with E-state index >= 15 is 0 Å². The van der Waals surface area contributed by atoms with Gasteiger partial charge in [-0.05, 0) is 24.6 Å². The van der Waals surface area contributed by atoms with Gasteiger partial charge in [0.25, 0.3) is 0 Å². The fourth-order valence-electron chi connectivity index (χ4n) is 1.14. The second kappa shape index (κ2) is 4.52. The Morgan fingerprint density at radius 2 is 2.06 bits per heavy atom. The number of rotatable bonds is 3. The van der Waals surface area contributed by atoms with Crippen LogP contribution in [0.2, 0.25) is 0 Å². The van der Waals surface area contributed by atoms with E-state index in [2.05, 4.69) is 4.74 Å². The molecule has 0 fully saturated rings. The fraction of sp³-hybridized carbons (Fsp3) is 0.300. The highest BCUT2D eigenvalue weighted by Gasteiger charge is 2.31. The Hall–Kier alpha value is -1.56. The maximum atomic E-state index is 11.9. The van der Waals surface area contributed by atoms with Gasteiger partial charge in [-0.2, -0.15) is 0 Å². The second-order valence-corrected chi connectivity index (χ2v) is 3.21. The van der Waals surface area contributed by atoms with Gasteiger partial charge in [0.15, 0.2) is 5.78 Å². The first kappa shape index (κ1) is 12.5. The van der Waals surface area contributed by atoms with Gasteiger partial charge in [-0.15, -0.1) is 13.2 Å². The third-order valence-electron chi connectivity index (χ3n) is 1.89. The van der Waals surface area contributed by atoms with E-state index in [9.17, 15) is 18.0 Å². The van der Waals surface area contributed by atoms with Crippen LogP contribution < -0.4 is 10.5 Å². The van der Waals surface area contributed by atoms with Crippen molar-refractivity contribution in [1.29, 1.82) is 0 Å². The van der Waals surface area contributed by atoms with Crippen LogP contribution in [0.15, 0.2) is 24.3 Å². The summed E-state index contributed by atoms with van der Waals surface area (Å²) in [7, 11) is 0. The van der Waals surface area contributed by atoms with Crippen LogP contribution in [0.4, 0.5) is 13.2 Å². The number of hydrogen-bond acceptors (Lipinski definition) is 3. The number of carbonyl (C=O) groups excluding carboxylic acids is 1. The lowest BCUT2D eigenvalue weighted by molar-refractivity contribution is -0.274. The van der Waals surface area contributed by atoms with Crippen molar-refractivity contribution in [3.05, 3.63) is 29.8 Å². The van der Waals surface area contributed by atoms with Crippen molar-refractivity contribution >= 4 is 5.78 Å². The third-order valence-corrected chi connectivity index (χ3v) is 1.89. The molecule has 0 heterocycles. The SMILES string of the molecule is CC(=O)C(N)c1cccc(OC(F)(F)F)c1. The van der Waals surface area contributed by atoms with Crippen molar-refractivity contribution in [2.24, 2.45) is 5.73 Å². The molecule has 0 bridgehead atoms. The first-order valence-corrected chi connectivity index (χ1v) is 4.41. The van der Waals surface area contributed by atoms with Crippen molar-refractivity contribution in [3.63, 3.8) is 0 Å². The van der Waals surface area contributed by atoms with Gasteiger partial charge in [0, 0.05) is 0 Å². The van der Waals surface area contributed by atoms with E-state index in [4.69, 9.17) is 5.73 Å². The molecule has 0 saturated carbocycles. The van der Waals surface area contributed by atoms with E-state index in [0.29, 0.717) is 0 Å². The van der Waals surface area contributed by atoms with Gasteiger partial charge in [-0.1, -0.05) is 12.1 Å². The quantitative estimate of drug-likeness (QED) is 0.870. The molecule has 0 saturated heterocycles. The Morgan fingerprint density at radius 3 is 2.56 bits per heavy atom. The molecule has 0 radical (unpaired) electrons. The molecule has 1 atom stereocenters. The summed E-state index contributed by atoms with van der Waals surface area (Å²) >= 11 is 0. The lowest BCUT2D eigenvalue weighted by Crippen LogP contribution is -2.20. The molecule has 0 aliphatic rings. The summed E-state index contributed by atoms with van der Waals surface area (Å²) in [5.41, 5.74) is 5.77. The zero-order valence-electron chi connectivity index (χ0n) is 8.41. The Bertz CT molecular complexity index is 390. The molecule has 3 nitrogen and oxygen atoms in total. The van der Waals surface area contributed by atoms with E-state index < -0.39 is 12.4 Å². The minimum absolute atomic E-state index is 0.286. The molecule has 1 aromatic rings. The number of ether oxygens (including phenoxy) is 1. The molecule has 1 rings (SSSR count). The largest absolute Gasteiger partial charge is 0.573 e. The number of carbonyl (C=O) groups is 1. The summed E-state index contributed by atoms with van der Waals surface area (Å²) in [6, 6.07) is 4.12. The van der Waals surface area contributed by atoms with Crippen molar-refractivity contribution in [1.82, 2.24) is 0 Å². The predicted octanol–water partition coefficient (Wildman–Crippen LogP) is 2.17. The third kappa shape index (κ3) is 3.54. The van der Waals surface area contributed by atoms with Crippen LogP contribution in [0, 0.1) is 0 Å². The first-order chi connectivity index (χ1) is 7.29. The van der Waals surface area contributed by atoms with Crippen molar-refractivity contribution in [2.45, 2.75) is 19.3 Å². The number of halogens is 3. The lowest BCUT2D eigenvalue weighted by Gasteiger charge is -2.12. The minimum Gasteiger partial charge on any atom is -0.406 e. The smallest absolute Gasteiger partial charge is 0.406 e. The molecule has 16 heavy (non-hydrogen) atoms. The molecule has 0 spiro atoms. The first-order valence-electron chi connectivity index (χ1n) is 4.41. The van der Waals surface area contributed by atoms with Crippen molar-refractivity contribution in [3.8, 4) is 5.75 Å².